The van der Waals surface area contributed by atoms with Gasteiger partial charge >= 0.3 is 5.97 Å². The molecular formula is C27H24ClN3O4S. The van der Waals surface area contributed by atoms with Crippen molar-refractivity contribution in [2.45, 2.75) is 18.1 Å². The number of ether oxygens (including phenoxy) is 1. The lowest BCUT2D eigenvalue weighted by Crippen LogP contribution is -2.46. The summed E-state index contributed by atoms with van der Waals surface area (Å²) in [6.45, 7) is 0.433. The molecule has 0 bridgehead atoms. The van der Waals surface area contributed by atoms with Crippen molar-refractivity contribution in [1.82, 2.24) is 4.90 Å². The zero-order valence-electron chi connectivity index (χ0n) is 19.5. The summed E-state index contributed by atoms with van der Waals surface area (Å²) in [7, 11) is 1.31. The molecule has 3 aromatic carbocycles. The number of para-hydroxylation sites is 1. The third-order valence-corrected chi connectivity index (χ3v) is 6.96. The Morgan fingerprint density at radius 2 is 1.75 bits per heavy atom. The minimum atomic E-state index is -0.646. The molecule has 7 nitrogen and oxygen atoms in total. The van der Waals surface area contributed by atoms with Gasteiger partial charge in [-0.15, -0.1) is 0 Å². The summed E-state index contributed by atoms with van der Waals surface area (Å²) < 4.78 is 4.70. The number of anilines is 1. The van der Waals surface area contributed by atoms with E-state index in [1.807, 2.05) is 54.6 Å². The molecule has 0 saturated carbocycles. The first-order chi connectivity index (χ1) is 17.4. The van der Waals surface area contributed by atoms with Gasteiger partial charge in [0.15, 0.2) is 5.17 Å². The highest BCUT2D eigenvalue weighted by molar-refractivity contribution is 8.15. The number of benzene rings is 3. The van der Waals surface area contributed by atoms with Crippen molar-refractivity contribution in [3.63, 3.8) is 0 Å². The van der Waals surface area contributed by atoms with Gasteiger partial charge in [-0.25, -0.2) is 9.79 Å². The van der Waals surface area contributed by atoms with Crippen molar-refractivity contribution in [2.75, 3.05) is 19.0 Å². The molecule has 1 aliphatic rings. The van der Waals surface area contributed by atoms with Crippen molar-refractivity contribution in [1.29, 1.82) is 0 Å². The largest absolute Gasteiger partial charge is 0.465 e. The zero-order chi connectivity index (χ0) is 25.5. The van der Waals surface area contributed by atoms with Crippen molar-refractivity contribution in [2.24, 2.45) is 4.99 Å². The van der Waals surface area contributed by atoms with Gasteiger partial charge in [0.05, 0.1) is 18.4 Å². The normalized spacial score (nSPS) is 16.6. The van der Waals surface area contributed by atoms with Crippen LogP contribution in [-0.2, 0) is 20.7 Å². The molecule has 1 aliphatic heterocycles. The summed E-state index contributed by atoms with van der Waals surface area (Å²) >= 11 is 7.25. The first-order valence-electron chi connectivity index (χ1n) is 11.3. The molecule has 0 aromatic heterocycles. The lowest BCUT2D eigenvalue weighted by atomic mass is 10.1. The number of thioether (sulfide) groups is 1. The fourth-order valence-corrected chi connectivity index (χ4v) is 4.85. The molecule has 9 heteroatoms. The number of rotatable bonds is 7. The van der Waals surface area contributed by atoms with Gasteiger partial charge in [0.1, 0.15) is 5.25 Å². The SMILES string of the molecule is COC(=O)c1ccc(NC(=O)C2CC(=O)N(CCc3ccc(Cl)cc3)C(=Nc3ccccc3)S2)cc1. The number of carbonyl (C=O) groups excluding carboxylic acids is 3. The van der Waals surface area contributed by atoms with Gasteiger partial charge in [0.2, 0.25) is 11.8 Å². The summed E-state index contributed by atoms with van der Waals surface area (Å²) in [6.07, 6.45) is 0.672. The van der Waals surface area contributed by atoms with Crippen molar-refractivity contribution in [3.8, 4) is 0 Å². The standard InChI is InChI=1S/C27H24ClN3O4S/c1-35-26(34)19-9-13-22(14-10-19)29-25(33)23-17-24(32)31(16-15-18-7-11-20(28)12-8-18)27(36-23)30-21-5-3-2-4-6-21/h2-14,23H,15-17H2,1H3,(H,29,33). The lowest BCUT2D eigenvalue weighted by molar-refractivity contribution is -0.129. The number of esters is 1. The molecule has 36 heavy (non-hydrogen) atoms. The first kappa shape index (κ1) is 25.5. The summed E-state index contributed by atoms with van der Waals surface area (Å²) in [5.74, 6) is -0.933. The number of hydrogen-bond acceptors (Lipinski definition) is 6. The number of amides is 2. The Balaban J connectivity index is 1.50. The van der Waals surface area contributed by atoms with E-state index in [9.17, 15) is 14.4 Å². The van der Waals surface area contributed by atoms with Gasteiger partial charge in [-0.05, 0) is 60.5 Å². The number of halogens is 1. The molecule has 3 aromatic rings. The minimum absolute atomic E-state index is 0.0468. The van der Waals surface area contributed by atoms with E-state index in [0.717, 1.165) is 5.56 Å². The average Bonchev–Trinajstić information content (AvgIpc) is 2.89. The van der Waals surface area contributed by atoms with Crippen LogP contribution < -0.4 is 5.32 Å². The van der Waals surface area contributed by atoms with Gasteiger partial charge in [-0.3, -0.25) is 14.5 Å². The fraction of sp³-hybridized carbons (Fsp3) is 0.185. The highest BCUT2D eigenvalue weighted by Crippen LogP contribution is 2.30. The summed E-state index contributed by atoms with van der Waals surface area (Å²) in [5, 5.41) is 3.32. The van der Waals surface area contributed by atoms with Crippen LogP contribution in [0.15, 0.2) is 83.9 Å². The van der Waals surface area contributed by atoms with E-state index in [1.54, 1.807) is 29.2 Å². The second-order valence-electron chi connectivity index (χ2n) is 8.02. The van der Waals surface area contributed by atoms with Crippen molar-refractivity contribution >= 4 is 57.7 Å². The molecular weight excluding hydrogens is 498 g/mol. The molecule has 1 atom stereocenters. The number of methoxy groups -OCH3 is 1. The maximum Gasteiger partial charge on any atom is 0.337 e. The highest BCUT2D eigenvalue weighted by atomic mass is 35.5. The second kappa shape index (κ2) is 11.9. The second-order valence-corrected chi connectivity index (χ2v) is 9.63. The fourth-order valence-electron chi connectivity index (χ4n) is 3.60. The van der Waals surface area contributed by atoms with E-state index in [4.69, 9.17) is 16.3 Å². The summed E-state index contributed by atoms with van der Waals surface area (Å²) in [4.78, 5) is 44.2. The van der Waals surface area contributed by atoms with E-state index in [0.29, 0.717) is 40.1 Å². The van der Waals surface area contributed by atoms with E-state index < -0.39 is 11.2 Å². The van der Waals surface area contributed by atoms with Crippen LogP contribution in [0.3, 0.4) is 0 Å². The van der Waals surface area contributed by atoms with E-state index in [1.165, 1.54) is 18.9 Å². The number of amidine groups is 1. The monoisotopic (exact) mass is 521 g/mol. The third-order valence-electron chi connectivity index (χ3n) is 5.52. The third kappa shape index (κ3) is 6.53. The molecule has 0 radical (unpaired) electrons. The maximum atomic E-state index is 13.2. The number of nitrogens with zero attached hydrogens (tertiary/aromatic N) is 2. The van der Waals surface area contributed by atoms with Crippen molar-refractivity contribution < 1.29 is 19.1 Å². The van der Waals surface area contributed by atoms with Crippen LogP contribution in [0.5, 0.6) is 0 Å². The first-order valence-corrected chi connectivity index (χ1v) is 12.5. The van der Waals surface area contributed by atoms with E-state index in [-0.39, 0.29) is 18.2 Å². The molecule has 1 unspecified atom stereocenters. The Bertz CT molecular complexity index is 1260. The lowest BCUT2D eigenvalue weighted by Gasteiger charge is -2.32. The number of aliphatic imine (C=N–C) groups is 1. The number of carbonyl (C=O) groups is 3. The van der Waals surface area contributed by atoms with Crippen molar-refractivity contribution in [3.05, 3.63) is 95.0 Å². The minimum Gasteiger partial charge on any atom is -0.465 e. The molecule has 184 valence electrons. The molecule has 1 heterocycles. The molecule has 1 saturated heterocycles. The zero-order valence-corrected chi connectivity index (χ0v) is 21.1. The molecule has 1 N–H and O–H groups in total. The Kier molecular flexibility index (Phi) is 8.40. The van der Waals surface area contributed by atoms with Crippen LogP contribution >= 0.6 is 23.4 Å². The predicted molar refractivity (Wildman–Crippen MR) is 143 cm³/mol. The maximum absolute atomic E-state index is 13.2. The topological polar surface area (TPSA) is 88.1 Å². The van der Waals surface area contributed by atoms with Gasteiger partial charge < -0.3 is 10.1 Å². The van der Waals surface area contributed by atoms with E-state index in [2.05, 4.69) is 10.3 Å². The number of hydrogen-bond donors (Lipinski definition) is 1. The van der Waals surface area contributed by atoms with Gasteiger partial charge in [-0.1, -0.05) is 53.7 Å². The average molecular weight is 522 g/mol. The molecule has 2 amide bonds. The molecule has 0 aliphatic carbocycles. The Hall–Kier alpha value is -3.62. The summed E-state index contributed by atoms with van der Waals surface area (Å²) in [5.41, 5.74) is 2.65. The summed E-state index contributed by atoms with van der Waals surface area (Å²) in [6, 6.07) is 23.2. The van der Waals surface area contributed by atoms with Crippen LogP contribution in [0.4, 0.5) is 11.4 Å². The van der Waals surface area contributed by atoms with Crippen LogP contribution in [0.25, 0.3) is 0 Å². The van der Waals surface area contributed by atoms with Crippen LogP contribution in [-0.4, -0.2) is 46.8 Å². The predicted octanol–water partition coefficient (Wildman–Crippen LogP) is 5.33. The van der Waals surface area contributed by atoms with Gasteiger partial charge in [0, 0.05) is 23.7 Å². The molecule has 4 rings (SSSR count). The Morgan fingerprint density at radius 3 is 2.42 bits per heavy atom. The smallest absolute Gasteiger partial charge is 0.337 e. The Labute approximate surface area is 218 Å². The van der Waals surface area contributed by atoms with Crippen LogP contribution in [0.2, 0.25) is 5.02 Å². The van der Waals surface area contributed by atoms with Crippen LogP contribution in [0, 0.1) is 0 Å². The quantitative estimate of drug-likeness (QED) is 0.424. The van der Waals surface area contributed by atoms with Crippen LogP contribution in [0.1, 0.15) is 22.3 Å². The van der Waals surface area contributed by atoms with Gasteiger partial charge in [-0.2, -0.15) is 0 Å². The molecule has 1 fully saturated rings. The highest BCUT2D eigenvalue weighted by Gasteiger charge is 2.35. The van der Waals surface area contributed by atoms with E-state index >= 15 is 0 Å². The number of nitrogens with one attached hydrogen (secondary N) is 1. The van der Waals surface area contributed by atoms with Gasteiger partial charge in [0.25, 0.3) is 0 Å². The Morgan fingerprint density at radius 1 is 1.06 bits per heavy atom. The molecule has 0 spiro atoms.